The fraction of sp³-hybridized carbons (Fsp3) is 0.174. The van der Waals surface area contributed by atoms with Crippen molar-refractivity contribution in [1.82, 2.24) is 4.90 Å². The number of primary amides is 1. The minimum Gasteiger partial charge on any atom is -0.410 e. The maximum Gasteiger partial charge on any atom is 0.409 e. The van der Waals surface area contributed by atoms with E-state index in [2.05, 4.69) is 4.90 Å². The molecular weight excluding hydrogens is 453 g/mol. The van der Waals surface area contributed by atoms with E-state index in [9.17, 15) is 14.9 Å². The Labute approximate surface area is 194 Å². The third kappa shape index (κ3) is 4.27. The molecule has 0 aliphatic carbocycles. The Morgan fingerprint density at radius 3 is 2.53 bits per heavy atom. The van der Waals surface area contributed by atoms with Gasteiger partial charge in [-0.05, 0) is 59.6 Å². The van der Waals surface area contributed by atoms with Gasteiger partial charge in [-0.3, -0.25) is 10.1 Å². The molecule has 7 nitrogen and oxygen atoms in total. The summed E-state index contributed by atoms with van der Waals surface area (Å²) in [5.41, 5.74) is 9.39. The molecular formula is C23H19Cl2N3O4. The number of carbonyl (C=O) groups is 1. The molecule has 1 aliphatic rings. The predicted molar refractivity (Wildman–Crippen MR) is 123 cm³/mol. The topological polar surface area (TPSA) is 98.7 Å². The minimum atomic E-state index is -0.947. The molecule has 0 fully saturated rings. The zero-order chi connectivity index (χ0) is 23.0. The van der Waals surface area contributed by atoms with E-state index < -0.39 is 11.0 Å². The van der Waals surface area contributed by atoms with Gasteiger partial charge in [0.05, 0.1) is 4.92 Å². The van der Waals surface area contributed by atoms with Crippen LogP contribution in [0.3, 0.4) is 0 Å². The highest BCUT2D eigenvalue weighted by molar-refractivity contribution is 6.35. The van der Waals surface area contributed by atoms with Crippen molar-refractivity contribution in [1.29, 1.82) is 0 Å². The first kappa shape index (κ1) is 22.1. The maximum atomic E-state index is 11.6. The van der Waals surface area contributed by atoms with E-state index in [0.717, 1.165) is 16.7 Å². The fourth-order valence-electron chi connectivity index (χ4n) is 4.20. The maximum absolute atomic E-state index is 11.6. The van der Waals surface area contributed by atoms with Crippen molar-refractivity contribution in [3.8, 4) is 16.9 Å². The smallest absolute Gasteiger partial charge is 0.409 e. The van der Waals surface area contributed by atoms with Crippen LogP contribution in [0.4, 0.5) is 10.5 Å². The summed E-state index contributed by atoms with van der Waals surface area (Å²) >= 11 is 12.8. The van der Waals surface area contributed by atoms with Gasteiger partial charge in [0.25, 0.3) is 5.69 Å². The van der Waals surface area contributed by atoms with Gasteiger partial charge < -0.3 is 15.4 Å². The number of hydrogen-bond acceptors (Lipinski definition) is 5. The molecule has 0 saturated heterocycles. The molecule has 0 aromatic heterocycles. The van der Waals surface area contributed by atoms with E-state index in [4.69, 9.17) is 33.7 Å². The molecule has 0 saturated carbocycles. The Hall–Kier alpha value is -3.13. The molecule has 1 atom stereocenters. The lowest BCUT2D eigenvalue weighted by Gasteiger charge is -2.34. The molecule has 2 N–H and O–H groups in total. The van der Waals surface area contributed by atoms with Gasteiger partial charge in [0.15, 0.2) is 0 Å². The Morgan fingerprint density at radius 2 is 1.88 bits per heavy atom. The number of nitro groups is 1. The van der Waals surface area contributed by atoms with Crippen molar-refractivity contribution in [2.24, 2.45) is 5.73 Å². The standard InChI is InChI=1S/C23H19Cl2N3O4/c1-27-11-18(17-9-14(24)10-20(25)19(17)12-27)16-3-2-4-21(32-23(26)29)22(16)13-5-7-15(8-6-13)28(30)31/h2-10,18H,11-12H2,1H3,(H2,26,29). The zero-order valence-corrected chi connectivity index (χ0v) is 18.6. The summed E-state index contributed by atoms with van der Waals surface area (Å²) in [6.07, 6.45) is -0.947. The first-order chi connectivity index (χ1) is 15.2. The van der Waals surface area contributed by atoms with Crippen molar-refractivity contribution in [2.45, 2.75) is 12.5 Å². The van der Waals surface area contributed by atoms with E-state index in [1.807, 2.05) is 19.2 Å². The average molecular weight is 472 g/mol. The third-order valence-corrected chi connectivity index (χ3v) is 6.06. The number of nitro benzene ring substituents is 1. The number of benzene rings is 3. The first-order valence-electron chi connectivity index (χ1n) is 9.76. The van der Waals surface area contributed by atoms with Crippen LogP contribution in [0.15, 0.2) is 54.6 Å². The summed E-state index contributed by atoms with van der Waals surface area (Å²) in [6.45, 7) is 1.34. The molecule has 0 bridgehead atoms. The number of likely N-dealkylation sites (N-methyl/N-ethyl adjacent to an activating group) is 1. The number of non-ortho nitro benzene ring substituents is 1. The molecule has 3 aromatic carbocycles. The van der Waals surface area contributed by atoms with Gasteiger partial charge >= 0.3 is 6.09 Å². The number of fused-ring (bicyclic) bond motifs is 1. The monoisotopic (exact) mass is 471 g/mol. The van der Waals surface area contributed by atoms with Crippen molar-refractivity contribution in [2.75, 3.05) is 13.6 Å². The lowest BCUT2D eigenvalue weighted by molar-refractivity contribution is -0.384. The average Bonchev–Trinajstić information content (AvgIpc) is 2.73. The number of rotatable bonds is 4. The third-order valence-electron chi connectivity index (χ3n) is 5.50. The Bertz CT molecular complexity index is 1210. The second-order valence-corrected chi connectivity index (χ2v) is 8.49. The van der Waals surface area contributed by atoms with Gasteiger partial charge in [-0.15, -0.1) is 0 Å². The van der Waals surface area contributed by atoms with Crippen LogP contribution >= 0.6 is 23.2 Å². The van der Waals surface area contributed by atoms with E-state index in [1.54, 1.807) is 30.3 Å². The van der Waals surface area contributed by atoms with Gasteiger partial charge in [0, 0.05) is 46.7 Å². The van der Waals surface area contributed by atoms with Crippen LogP contribution in [-0.2, 0) is 6.54 Å². The van der Waals surface area contributed by atoms with Crippen LogP contribution in [0.5, 0.6) is 5.75 Å². The van der Waals surface area contributed by atoms with E-state index >= 15 is 0 Å². The number of ether oxygens (including phenoxy) is 1. The van der Waals surface area contributed by atoms with Crippen LogP contribution in [-0.4, -0.2) is 29.5 Å². The molecule has 0 radical (unpaired) electrons. The summed E-state index contributed by atoms with van der Waals surface area (Å²) in [7, 11) is 2.00. The van der Waals surface area contributed by atoms with Crippen LogP contribution in [0, 0.1) is 10.1 Å². The summed E-state index contributed by atoms with van der Waals surface area (Å²) < 4.78 is 5.31. The fourth-order valence-corrected chi connectivity index (χ4v) is 4.77. The molecule has 1 amide bonds. The van der Waals surface area contributed by atoms with Crippen molar-refractivity contribution in [3.63, 3.8) is 0 Å². The van der Waals surface area contributed by atoms with Crippen LogP contribution in [0.2, 0.25) is 10.0 Å². The Kier molecular flexibility index (Phi) is 6.06. The largest absolute Gasteiger partial charge is 0.410 e. The summed E-state index contributed by atoms with van der Waals surface area (Å²) in [6, 6.07) is 15.1. The number of amides is 1. The van der Waals surface area contributed by atoms with Crippen LogP contribution in [0.1, 0.15) is 22.6 Å². The van der Waals surface area contributed by atoms with Gasteiger partial charge in [0.2, 0.25) is 0 Å². The number of halogens is 2. The number of nitrogens with two attached hydrogens (primary N) is 1. The summed E-state index contributed by atoms with van der Waals surface area (Å²) in [5.74, 6) is 0.133. The molecule has 32 heavy (non-hydrogen) atoms. The van der Waals surface area contributed by atoms with Crippen LogP contribution in [0.25, 0.3) is 11.1 Å². The minimum absolute atomic E-state index is 0.0371. The highest BCUT2D eigenvalue weighted by atomic mass is 35.5. The van der Waals surface area contributed by atoms with Gasteiger partial charge in [-0.1, -0.05) is 35.3 Å². The zero-order valence-electron chi connectivity index (χ0n) is 17.0. The quantitative estimate of drug-likeness (QED) is 0.394. The number of hydrogen-bond donors (Lipinski definition) is 1. The van der Waals surface area contributed by atoms with Crippen LogP contribution < -0.4 is 10.5 Å². The molecule has 0 spiro atoms. The number of carbonyl (C=O) groups excluding carboxylic acids is 1. The molecule has 3 aromatic rings. The molecule has 1 aliphatic heterocycles. The molecule has 4 rings (SSSR count). The lowest BCUT2D eigenvalue weighted by Crippen LogP contribution is -2.31. The second-order valence-electron chi connectivity index (χ2n) is 7.65. The summed E-state index contributed by atoms with van der Waals surface area (Å²) in [4.78, 5) is 24.4. The van der Waals surface area contributed by atoms with E-state index in [0.29, 0.717) is 34.3 Å². The van der Waals surface area contributed by atoms with Crippen molar-refractivity contribution >= 4 is 35.0 Å². The predicted octanol–water partition coefficient (Wildman–Crippen LogP) is 5.60. The number of nitrogens with zero attached hydrogens (tertiary/aromatic N) is 2. The van der Waals surface area contributed by atoms with E-state index in [1.165, 1.54) is 12.1 Å². The highest BCUT2D eigenvalue weighted by Crippen LogP contribution is 2.44. The lowest BCUT2D eigenvalue weighted by atomic mass is 9.81. The molecule has 1 heterocycles. The Balaban J connectivity index is 1.94. The van der Waals surface area contributed by atoms with Crippen molar-refractivity contribution in [3.05, 3.63) is 91.4 Å². The SMILES string of the molecule is CN1Cc2c(Cl)cc(Cl)cc2C(c2cccc(OC(N)=O)c2-c2ccc([N+](=O)[O-])cc2)C1. The molecule has 9 heteroatoms. The highest BCUT2D eigenvalue weighted by Gasteiger charge is 2.30. The first-order valence-corrected chi connectivity index (χ1v) is 10.5. The summed E-state index contributed by atoms with van der Waals surface area (Å²) in [5, 5.41) is 12.2. The van der Waals surface area contributed by atoms with Crippen molar-refractivity contribution < 1.29 is 14.5 Å². The Morgan fingerprint density at radius 1 is 1.16 bits per heavy atom. The molecule has 1 unspecified atom stereocenters. The van der Waals surface area contributed by atoms with Gasteiger partial charge in [0.1, 0.15) is 5.75 Å². The van der Waals surface area contributed by atoms with Gasteiger partial charge in [-0.25, -0.2) is 4.79 Å². The van der Waals surface area contributed by atoms with Gasteiger partial charge in [-0.2, -0.15) is 0 Å². The van der Waals surface area contributed by atoms with E-state index in [-0.39, 0.29) is 17.4 Å². The normalized spacial score (nSPS) is 15.8. The molecule has 164 valence electrons. The second kappa shape index (κ2) is 8.78.